The molecule has 0 amide bonds. The number of phenols is 1. The highest BCUT2D eigenvalue weighted by Gasteiger charge is 2.34. The zero-order valence-electron chi connectivity index (χ0n) is 33.9. The van der Waals surface area contributed by atoms with E-state index in [9.17, 15) is 5.11 Å². The number of aliphatic imine (C=N–C) groups is 1. The fourth-order valence-corrected chi connectivity index (χ4v) is 11.1. The van der Waals surface area contributed by atoms with E-state index in [1.165, 1.54) is 55.4 Å². The van der Waals surface area contributed by atoms with Crippen molar-refractivity contribution in [3.63, 3.8) is 0 Å². The lowest BCUT2D eigenvalue weighted by atomic mass is 9.69. The van der Waals surface area contributed by atoms with Gasteiger partial charge >= 0.3 is 0 Å². The van der Waals surface area contributed by atoms with Gasteiger partial charge in [-0.25, -0.2) is 0 Å². The van der Waals surface area contributed by atoms with Crippen LogP contribution in [0.2, 0.25) is 0 Å². The van der Waals surface area contributed by atoms with Crippen LogP contribution in [0.25, 0.3) is 5.00 Å². The molecule has 58 heavy (non-hydrogen) atoms. The number of aromatic nitrogens is 3. The molecule has 2 aromatic heterocycles. The van der Waals surface area contributed by atoms with Crippen molar-refractivity contribution in [2.75, 3.05) is 44.2 Å². The number of hydrogen-bond donors (Lipinski definition) is 1. The summed E-state index contributed by atoms with van der Waals surface area (Å²) in [5, 5.41) is 20.3. The summed E-state index contributed by atoms with van der Waals surface area (Å²) in [6, 6.07) is 34.6. The molecule has 296 valence electrons. The Balaban J connectivity index is 0.696. The lowest BCUT2D eigenvalue weighted by Crippen LogP contribution is -2.52. The Bertz CT molecular complexity index is 2460. The molecule has 3 aliphatic heterocycles. The van der Waals surface area contributed by atoms with Crippen molar-refractivity contribution in [2.24, 2.45) is 16.8 Å². The normalized spacial score (nSPS) is 20.7. The SMILES string of the molecule is Cc1sc2c(c1C)C(c1ccc(N3CC(CCN4CC(COc5ccc([C@H]6c7ccc(O)cc7CC[C@H]6c6ccccc6)cc5)C4)C3)cc1)=N[C@@H](C)c1nnc(C)n1-2. The highest BCUT2D eigenvalue weighted by atomic mass is 32.1. The number of thiophene rings is 1. The van der Waals surface area contributed by atoms with Crippen molar-refractivity contribution in [3.8, 4) is 16.5 Å². The second-order valence-electron chi connectivity index (χ2n) is 17.1. The summed E-state index contributed by atoms with van der Waals surface area (Å²) in [7, 11) is 0. The van der Waals surface area contributed by atoms with Crippen LogP contribution in [0.1, 0.15) is 93.1 Å². The molecule has 8 nitrogen and oxygen atoms in total. The first-order valence-corrected chi connectivity index (χ1v) is 21.9. The largest absolute Gasteiger partial charge is 0.508 e. The molecule has 9 heteroatoms. The first-order chi connectivity index (χ1) is 28.3. The topological polar surface area (TPSA) is 79.0 Å². The second-order valence-corrected chi connectivity index (χ2v) is 18.3. The maximum atomic E-state index is 10.2. The van der Waals surface area contributed by atoms with E-state index in [0.29, 0.717) is 17.6 Å². The van der Waals surface area contributed by atoms with Crippen LogP contribution >= 0.6 is 11.3 Å². The number of phenolic OH excluding ortho intramolecular Hbond substituents is 1. The first-order valence-electron chi connectivity index (χ1n) is 21.0. The van der Waals surface area contributed by atoms with Crippen LogP contribution in [0, 0.1) is 32.6 Å². The fourth-order valence-electron chi connectivity index (χ4n) is 9.87. The number of rotatable bonds is 10. The van der Waals surface area contributed by atoms with E-state index in [0.717, 1.165) is 86.8 Å². The zero-order chi connectivity index (χ0) is 39.5. The molecule has 0 bridgehead atoms. The van der Waals surface area contributed by atoms with Gasteiger partial charge in [0.1, 0.15) is 28.4 Å². The Labute approximate surface area is 345 Å². The van der Waals surface area contributed by atoms with E-state index in [1.54, 1.807) is 0 Å². The summed E-state index contributed by atoms with van der Waals surface area (Å²) >= 11 is 1.81. The van der Waals surface area contributed by atoms with Crippen molar-refractivity contribution in [1.29, 1.82) is 0 Å². The van der Waals surface area contributed by atoms with Gasteiger partial charge in [-0.1, -0.05) is 60.7 Å². The van der Waals surface area contributed by atoms with Gasteiger partial charge in [-0.05, 0) is 130 Å². The average molecular weight is 789 g/mol. The van der Waals surface area contributed by atoms with Crippen LogP contribution in [0.4, 0.5) is 5.69 Å². The predicted octanol–water partition coefficient (Wildman–Crippen LogP) is 9.57. The molecule has 3 atom stereocenters. The highest BCUT2D eigenvalue weighted by molar-refractivity contribution is 7.15. The lowest BCUT2D eigenvalue weighted by Gasteiger charge is -2.44. The number of nitrogens with zero attached hydrogens (tertiary/aromatic N) is 6. The first kappa shape index (κ1) is 37.0. The minimum atomic E-state index is -0.0729. The van der Waals surface area contributed by atoms with Gasteiger partial charge in [-0.15, -0.1) is 21.5 Å². The molecule has 6 aromatic rings. The standard InChI is InChI=1S/C49H52N6O2S/c1-30-32(3)58-49-45(30)47(50-31(2)48-52-51-33(4)55(48)49)38-10-15-40(16-11-38)54-27-34(28-54)22-23-53-25-35(26-53)29-57-42-18-12-37(13-19-42)46-43(36-8-6-5-7-9-36)20-14-39-24-41(56)17-21-44(39)46/h5-13,15-19,21,24,31,34-35,43,46,56H,14,20,22-23,25-29H2,1-4H3/t31-,43-,46+/m0/s1. The Kier molecular flexibility index (Phi) is 9.69. The van der Waals surface area contributed by atoms with Gasteiger partial charge in [-0.2, -0.15) is 0 Å². The smallest absolute Gasteiger partial charge is 0.162 e. The van der Waals surface area contributed by atoms with Crippen molar-refractivity contribution in [3.05, 3.63) is 153 Å². The predicted molar refractivity (Wildman–Crippen MR) is 234 cm³/mol. The molecule has 4 aliphatic rings. The summed E-state index contributed by atoms with van der Waals surface area (Å²) in [5.74, 6) is 5.08. The maximum Gasteiger partial charge on any atom is 0.162 e. The van der Waals surface area contributed by atoms with E-state index >= 15 is 0 Å². The number of fused-ring (bicyclic) bond motifs is 4. The lowest BCUT2D eigenvalue weighted by molar-refractivity contribution is 0.0561. The molecule has 1 N–H and O–H groups in total. The van der Waals surface area contributed by atoms with E-state index in [4.69, 9.17) is 9.73 Å². The summed E-state index contributed by atoms with van der Waals surface area (Å²) in [6.07, 6.45) is 3.29. The molecular formula is C49H52N6O2S. The highest BCUT2D eigenvalue weighted by Crippen LogP contribution is 2.47. The summed E-state index contributed by atoms with van der Waals surface area (Å²) < 4.78 is 8.54. The molecule has 2 fully saturated rings. The van der Waals surface area contributed by atoms with Gasteiger partial charge in [0, 0.05) is 59.7 Å². The van der Waals surface area contributed by atoms with Gasteiger partial charge in [-0.3, -0.25) is 9.56 Å². The van der Waals surface area contributed by atoms with E-state index in [2.05, 4.69) is 130 Å². The molecular weight excluding hydrogens is 737 g/mol. The number of anilines is 1. The summed E-state index contributed by atoms with van der Waals surface area (Å²) in [6.45, 7) is 15.0. The quantitative estimate of drug-likeness (QED) is 0.149. The van der Waals surface area contributed by atoms with Crippen LogP contribution in [-0.2, 0) is 6.42 Å². The Morgan fingerprint density at radius 3 is 2.38 bits per heavy atom. The van der Waals surface area contributed by atoms with Crippen molar-refractivity contribution in [1.82, 2.24) is 19.7 Å². The number of aromatic hydroxyl groups is 1. The number of hydrogen-bond acceptors (Lipinski definition) is 8. The van der Waals surface area contributed by atoms with Crippen LogP contribution in [0.3, 0.4) is 0 Å². The van der Waals surface area contributed by atoms with Crippen LogP contribution < -0.4 is 9.64 Å². The fraction of sp³-hybridized carbons (Fsp3) is 0.367. The van der Waals surface area contributed by atoms with Gasteiger partial charge in [0.2, 0.25) is 0 Å². The van der Waals surface area contributed by atoms with Crippen LogP contribution in [0.5, 0.6) is 11.5 Å². The third-order valence-corrected chi connectivity index (χ3v) is 14.4. The molecule has 1 aliphatic carbocycles. The van der Waals surface area contributed by atoms with Crippen molar-refractivity contribution >= 4 is 22.7 Å². The third-order valence-electron chi connectivity index (χ3n) is 13.2. The van der Waals surface area contributed by atoms with E-state index < -0.39 is 0 Å². The van der Waals surface area contributed by atoms with E-state index in [-0.39, 0.29) is 12.0 Å². The summed E-state index contributed by atoms with van der Waals surface area (Å²) in [4.78, 5) is 11.6. The minimum Gasteiger partial charge on any atom is -0.508 e. The molecule has 5 heterocycles. The molecule has 2 saturated heterocycles. The molecule has 0 saturated carbocycles. The van der Waals surface area contributed by atoms with Crippen molar-refractivity contribution < 1.29 is 9.84 Å². The van der Waals surface area contributed by atoms with Crippen molar-refractivity contribution in [2.45, 2.75) is 64.8 Å². The molecule has 0 unspecified atom stereocenters. The molecule has 0 radical (unpaired) electrons. The molecule has 0 spiro atoms. The molecule has 10 rings (SSSR count). The van der Waals surface area contributed by atoms with Gasteiger partial charge in [0.25, 0.3) is 0 Å². The Hall–Kier alpha value is -5.25. The third kappa shape index (κ3) is 6.82. The molecule has 4 aromatic carbocycles. The number of likely N-dealkylation sites (tertiary alicyclic amines) is 1. The van der Waals surface area contributed by atoms with Crippen LogP contribution in [-0.4, -0.2) is 69.8 Å². The Morgan fingerprint density at radius 1 is 0.828 bits per heavy atom. The van der Waals surface area contributed by atoms with Crippen LogP contribution in [0.15, 0.2) is 102 Å². The van der Waals surface area contributed by atoms with E-state index in [1.807, 2.05) is 30.4 Å². The van der Waals surface area contributed by atoms with Gasteiger partial charge < -0.3 is 19.6 Å². The second kappa shape index (κ2) is 15.2. The van der Waals surface area contributed by atoms with Gasteiger partial charge in [0.05, 0.1) is 12.3 Å². The summed E-state index contributed by atoms with van der Waals surface area (Å²) in [5.41, 5.74) is 11.3. The monoisotopic (exact) mass is 788 g/mol. The number of benzene rings is 4. The van der Waals surface area contributed by atoms with Gasteiger partial charge in [0.15, 0.2) is 5.82 Å². The zero-order valence-corrected chi connectivity index (χ0v) is 34.8. The maximum absolute atomic E-state index is 10.2. The number of aryl methyl sites for hydroxylation is 3. The number of ether oxygens (including phenoxy) is 1. The average Bonchev–Trinajstić information content (AvgIpc) is 3.70. The minimum absolute atomic E-state index is 0.0729. The Morgan fingerprint density at radius 2 is 1.60 bits per heavy atom.